The molecule has 0 amide bonds. The molecule has 0 radical (unpaired) electrons. The number of rotatable bonds is 7. The van der Waals surface area contributed by atoms with Gasteiger partial charge in [-0.15, -0.1) is 5.10 Å². The van der Waals surface area contributed by atoms with Crippen molar-refractivity contribution in [2.45, 2.75) is 33.2 Å². The number of aryl methyl sites for hydroxylation is 1. The number of aromatic nitrogens is 3. The highest BCUT2D eigenvalue weighted by molar-refractivity contribution is 7.20. The molecule has 0 aliphatic carbocycles. The molecule has 7 heteroatoms. The lowest BCUT2D eigenvalue weighted by atomic mass is 10.2. The molecule has 3 rings (SSSR count). The number of anilines is 1. The SMILES string of the molecule is CCCc1cc(=O)n2nc(N(C)Cc3ccc(OCC)cc3)sc2n1. The Morgan fingerprint density at radius 2 is 2.00 bits per heavy atom. The van der Waals surface area contributed by atoms with Crippen molar-refractivity contribution in [2.24, 2.45) is 0 Å². The van der Waals surface area contributed by atoms with E-state index in [9.17, 15) is 4.79 Å². The summed E-state index contributed by atoms with van der Waals surface area (Å²) >= 11 is 1.43. The van der Waals surface area contributed by atoms with Gasteiger partial charge >= 0.3 is 0 Å². The summed E-state index contributed by atoms with van der Waals surface area (Å²) in [5.41, 5.74) is 1.86. The maximum Gasteiger partial charge on any atom is 0.275 e. The average Bonchev–Trinajstić information content (AvgIpc) is 3.02. The van der Waals surface area contributed by atoms with Gasteiger partial charge in [0.1, 0.15) is 5.75 Å². The van der Waals surface area contributed by atoms with Gasteiger partial charge in [0.05, 0.1) is 6.61 Å². The molecule has 25 heavy (non-hydrogen) atoms. The van der Waals surface area contributed by atoms with Crippen LogP contribution in [0.1, 0.15) is 31.5 Å². The highest BCUT2D eigenvalue weighted by atomic mass is 32.1. The van der Waals surface area contributed by atoms with Crippen LogP contribution in [0.5, 0.6) is 5.75 Å². The van der Waals surface area contributed by atoms with Crippen LogP contribution in [0.3, 0.4) is 0 Å². The third kappa shape index (κ3) is 3.99. The fourth-order valence-corrected chi connectivity index (χ4v) is 3.47. The summed E-state index contributed by atoms with van der Waals surface area (Å²) in [5, 5.41) is 5.19. The van der Waals surface area contributed by atoms with Crippen molar-refractivity contribution in [1.29, 1.82) is 0 Å². The molecular weight excluding hydrogens is 336 g/mol. The van der Waals surface area contributed by atoms with Crippen LogP contribution in [0.25, 0.3) is 4.96 Å². The van der Waals surface area contributed by atoms with Crippen molar-refractivity contribution < 1.29 is 4.74 Å². The highest BCUT2D eigenvalue weighted by Crippen LogP contribution is 2.22. The largest absolute Gasteiger partial charge is 0.494 e. The number of ether oxygens (including phenoxy) is 1. The summed E-state index contributed by atoms with van der Waals surface area (Å²) in [6.45, 7) is 5.40. The zero-order chi connectivity index (χ0) is 17.8. The Morgan fingerprint density at radius 1 is 1.24 bits per heavy atom. The molecule has 0 saturated carbocycles. The Balaban J connectivity index is 1.80. The Bertz CT molecular complexity index is 902. The predicted octanol–water partition coefficient (Wildman–Crippen LogP) is 3.14. The number of hydrogen-bond donors (Lipinski definition) is 0. The van der Waals surface area contributed by atoms with E-state index >= 15 is 0 Å². The second-order valence-electron chi connectivity index (χ2n) is 5.85. The second-order valence-corrected chi connectivity index (χ2v) is 6.78. The lowest BCUT2D eigenvalue weighted by Crippen LogP contribution is -2.18. The normalized spacial score (nSPS) is 11.0. The van der Waals surface area contributed by atoms with Crippen LogP contribution in [0, 0.1) is 0 Å². The zero-order valence-corrected chi connectivity index (χ0v) is 15.5. The van der Waals surface area contributed by atoms with E-state index in [1.54, 1.807) is 6.07 Å². The van der Waals surface area contributed by atoms with E-state index in [-0.39, 0.29) is 5.56 Å². The van der Waals surface area contributed by atoms with Crippen molar-refractivity contribution in [1.82, 2.24) is 14.6 Å². The number of fused-ring (bicyclic) bond motifs is 1. The maximum atomic E-state index is 12.2. The van der Waals surface area contributed by atoms with Crippen molar-refractivity contribution in [2.75, 3.05) is 18.6 Å². The number of hydrogen-bond acceptors (Lipinski definition) is 6. The average molecular weight is 358 g/mol. The summed E-state index contributed by atoms with van der Waals surface area (Å²) in [6, 6.07) is 9.59. The molecule has 0 aliphatic rings. The first-order valence-electron chi connectivity index (χ1n) is 8.43. The molecule has 0 bridgehead atoms. The van der Waals surface area contributed by atoms with E-state index in [0.29, 0.717) is 18.1 Å². The van der Waals surface area contributed by atoms with Crippen molar-refractivity contribution >= 4 is 21.4 Å². The quantitative estimate of drug-likeness (QED) is 0.649. The highest BCUT2D eigenvalue weighted by Gasteiger charge is 2.12. The van der Waals surface area contributed by atoms with E-state index < -0.39 is 0 Å². The molecule has 0 spiro atoms. The van der Waals surface area contributed by atoms with Crippen molar-refractivity contribution in [3.8, 4) is 5.75 Å². The third-order valence-electron chi connectivity index (χ3n) is 3.77. The molecule has 0 atom stereocenters. The van der Waals surface area contributed by atoms with Gasteiger partial charge in [0.25, 0.3) is 5.56 Å². The molecule has 0 N–H and O–H groups in total. The zero-order valence-electron chi connectivity index (χ0n) is 14.7. The first-order valence-corrected chi connectivity index (χ1v) is 9.25. The van der Waals surface area contributed by atoms with Gasteiger partial charge in [-0.2, -0.15) is 4.52 Å². The summed E-state index contributed by atoms with van der Waals surface area (Å²) in [6.07, 6.45) is 1.77. The Hall–Kier alpha value is -2.41. The standard InChI is InChI=1S/C18H22N4O2S/c1-4-6-14-11-16(23)22-17(19-14)25-18(20-22)21(3)12-13-7-9-15(10-8-13)24-5-2/h7-11H,4-6,12H2,1-3H3. The third-order valence-corrected chi connectivity index (χ3v) is 4.80. The van der Waals surface area contributed by atoms with Gasteiger partial charge in [-0.25, -0.2) is 4.98 Å². The molecule has 3 aromatic rings. The molecule has 0 fully saturated rings. The predicted molar refractivity (Wildman–Crippen MR) is 101 cm³/mol. The van der Waals surface area contributed by atoms with E-state index in [0.717, 1.165) is 35.0 Å². The molecule has 2 heterocycles. The van der Waals surface area contributed by atoms with Crippen LogP contribution in [0.15, 0.2) is 35.1 Å². The van der Waals surface area contributed by atoms with Crippen LogP contribution in [0.4, 0.5) is 5.13 Å². The number of nitrogens with zero attached hydrogens (tertiary/aromatic N) is 4. The molecule has 0 saturated heterocycles. The van der Waals surface area contributed by atoms with E-state index in [2.05, 4.69) is 17.0 Å². The van der Waals surface area contributed by atoms with Crippen LogP contribution in [0.2, 0.25) is 0 Å². The van der Waals surface area contributed by atoms with E-state index in [1.807, 2.05) is 43.1 Å². The van der Waals surface area contributed by atoms with Gasteiger partial charge < -0.3 is 9.64 Å². The fourth-order valence-electron chi connectivity index (χ4n) is 2.58. The monoisotopic (exact) mass is 358 g/mol. The molecule has 0 aliphatic heterocycles. The van der Waals surface area contributed by atoms with Gasteiger partial charge in [-0.3, -0.25) is 4.79 Å². The van der Waals surface area contributed by atoms with Crippen LogP contribution in [-0.4, -0.2) is 28.3 Å². The molecule has 6 nitrogen and oxygen atoms in total. The second kappa shape index (κ2) is 7.65. The fraction of sp³-hybridized carbons (Fsp3) is 0.389. The minimum absolute atomic E-state index is 0.120. The Labute approximate surface area is 150 Å². The van der Waals surface area contributed by atoms with Crippen molar-refractivity contribution in [3.63, 3.8) is 0 Å². The smallest absolute Gasteiger partial charge is 0.275 e. The summed E-state index contributed by atoms with van der Waals surface area (Å²) in [5.74, 6) is 0.869. The minimum Gasteiger partial charge on any atom is -0.494 e. The van der Waals surface area contributed by atoms with Gasteiger partial charge in [-0.05, 0) is 31.0 Å². The van der Waals surface area contributed by atoms with Crippen molar-refractivity contribution in [3.05, 3.63) is 51.9 Å². The van der Waals surface area contributed by atoms with Crippen LogP contribution in [-0.2, 0) is 13.0 Å². The lowest BCUT2D eigenvalue weighted by Gasteiger charge is -2.15. The topological polar surface area (TPSA) is 59.7 Å². The lowest BCUT2D eigenvalue weighted by molar-refractivity contribution is 0.340. The van der Waals surface area contributed by atoms with Crippen LogP contribution >= 0.6 is 11.3 Å². The summed E-state index contributed by atoms with van der Waals surface area (Å²) in [4.78, 5) is 19.4. The van der Waals surface area contributed by atoms with Gasteiger partial charge in [0, 0.05) is 25.4 Å². The Morgan fingerprint density at radius 3 is 2.68 bits per heavy atom. The minimum atomic E-state index is -0.120. The molecule has 0 unspecified atom stereocenters. The molecular formula is C18H22N4O2S. The van der Waals surface area contributed by atoms with Gasteiger partial charge in [-0.1, -0.05) is 36.8 Å². The van der Waals surface area contributed by atoms with Crippen LogP contribution < -0.4 is 15.2 Å². The Kier molecular flexibility index (Phi) is 5.33. The first-order chi connectivity index (χ1) is 12.1. The number of benzene rings is 1. The molecule has 2 aromatic heterocycles. The summed E-state index contributed by atoms with van der Waals surface area (Å²) in [7, 11) is 1.96. The first kappa shape index (κ1) is 17.4. The maximum absolute atomic E-state index is 12.2. The molecule has 132 valence electrons. The van der Waals surface area contributed by atoms with E-state index in [1.165, 1.54) is 15.9 Å². The summed E-state index contributed by atoms with van der Waals surface area (Å²) < 4.78 is 6.85. The van der Waals surface area contributed by atoms with E-state index in [4.69, 9.17) is 4.74 Å². The molecule has 1 aromatic carbocycles. The van der Waals surface area contributed by atoms with Gasteiger partial charge in [0.15, 0.2) is 0 Å². The van der Waals surface area contributed by atoms with Gasteiger partial charge in [0.2, 0.25) is 10.1 Å².